The maximum atomic E-state index is 13.3. The smallest absolute Gasteiger partial charge is 0.226 e. The maximum absolute atomic E-state index is 13.3. The second-order valence-corrected chi connectivity index (χ2v) is 7.09. The van der Waals surface area contributed by atoms with Crippen LogP contribution in [0.25, 0.3) is 0 Å². The fourth-order valence-corrected chi connectivity index (χ4v) is 3.73. The third-order valence-electron chi connectivity index (χ3n) is 5.09. The fourth-order valence-electron chi connectivity index (χ4n) is 3.73. The molecule has 3 nitrogen and oxygen atoms in total. The third kappa shape index (κ3) is 4.50. The van der Waals surface area contributed by atoms with Crippen LogP contribution in [0, 0.1) is 12.7 Å². The van der Waals surface area contributed by atoms with Crippen LogP contribution < -0.4 is 4.90 Å². The minimum absolute atomic E-state index is 0.105. The molecule has 0 aliphatic carbocycles. The number of nitrogens with zero attached hydrogens (tertiary/aromatic N) is 2. The first-order valence-corrected chi connectivity index (χ1v) is 9.42. The standard InChI is InChI=1S/C22H27FN2O/c1-3-22(26)25(20-9-7-19(23)8-10-20)21-11-13-24(14-12-21)16-18-6-4-5-17(2)15-18/h4-10,15,21H,3,11-14,16H2,1-2H3. The first kappa shape index (κ1) is 18.6. The third-order valence-corrected chi connectivity index (χ3v) is 5.09. The first-order valence-electron chi connectivity index (χ1n) is 9.42. The van der Waals surface area contributed by atoms with Crippen LogP contribution in [-0.4, -0.2) is 29.9 Å². The second kappa shape index (κ2) is 8.45. The number of carbonyl (C=O) groups excluding carboxylic acids is 1. The Morgan fingerprint density at radius 2 is 1.85 bits per heavy atom. The van der Waals surface area contributed by atoms with Crippen molar-refractivity contribution in [2.45, 2.75) is 45.7 Å². The topological polar surface area (TPSA) is 23.6 Å². The molecule has 1 heterocycles. The minimum atomic E-state index is -0.273. The second-order valence-electron chi connectivity index (χ2n) is 7.09. The molecule has 0 unspecified atom stereocenters. The Labute approximate surface area is 155 Å². The number of likely N-dealkylation sites (tertiary alicyclic amines) is 1. The molecule has 0 atom stereocenters. The lowest BCUT2D eigenvalue weighted by Gasteiger charge is -2.38. The van der Waals surface area contributed by atoms with Gasteiger partial charge in [-0.05, 0) is 49.6 Å². The van der Waals surface area contributed by atoms with Gasteiger partial charge in [0.25, 0.3) is 0 Å². The molecule has 138 valence electrons. The van der Waals surface area contributed by atoms with Gasteiger partial charge in [-0.25, -0.2) is 4.39 Å². The fraction of sp³-hybridized carbons (Fsp3) is 0.409. The van der Waals surface area contributed by atoms with Crippen molar-refractivity contribution in [3.05, 3.63) is 65.5 Å². The van der Waals surface area contributed by atoms with Crippen LogP contribution in [0.4, 0.5) is 10.1 Å². The summed E-state index contributed by atoms with van der Waals surface area (Å²) in [5, 5.41) is 0. The Morgan fingerprint density at radius 1 is 1.15 bits per heavy atom. The van der Waals surface area contributed by atoms with E-state index in [4.69, 9.17) is 0 Å². The molecule has 0 aromatic heterocycles. The Kier molecular flexibility index (Phi) is 6.04. The molecular formula is C22H27FN2O. The predicted octanol–water partition coefficient (Wildman–Crippen LogP) is 4.54. The van der Waals surface area contributed by atoms with Crippen LogP contribution in [0.1, 0.15) is 37.3 Å². The summed E-state index contributed by atoms with van der Waals surface area (Å²) in [5.74, 6) is -0.167. The van der Waals surface area contributed by atoms with Crippen molar-refractivity contribution in [3.63, 3.8) is 0 Å². The number of rotatable bonds is 5. The van der Waals surface area contributed by atoms with Gasteiger partial charge in [0.1, 0.15) is 5.82 Å². The van der Waals surface area contributed by atoms with E-state index < -0.39 is 0 Å². The average molecular weight is 354 g/mol. The number of piperidine rings is 1. The molecule has 1 aliphatic rings. The van der Waals surface area contributed by atoms with Crippen LogP contribution in [0.15, 0.2) is 48.5 Å². The quantitative estimate of drug-likeness (QED) is 0.787. The average Bonchev–Trinajstić information content (AvgIpc) is 2.65. The van der Waals surface area contributed by atoms with Gasteiger partial charge in [0, 0.05) is 37.8 Å². The molecule has 0 N–H and O–H groups in total. The van der Waals surface area contributed by atoms with Crippen LogP contribution in [0.3, 0.4) is 0 Å². The van der Waals surface area contributed by atoms with E-state index in [0.717, 1.165) is 38.2 Å². The zero-order valence-electron chi connectivity index (χ0n) is 15.6. The molecule has 26 heavy (non-hydrogen) atoms. The summed E-state index contributed by atoms with van der Waals surface area (Å²) in [5.41, 5.74) is 3.42. The molecule has 2 aromatic carbocycles. The van der Waals surface area contributed by atoms with E-state index in [1.54, 1.807) is 12.1 Å². The lowest BCUT2D eigenvalue weighted by Crippen LogP contribution is -2.47. The highest BCUT2D eigenvalue weighted by Gasteiger charge is 2.28. The van der Waals surface area contributed by atoms with E-state index in [9.17, 15) is 9.18 Å². The largest absolute Gasteiger partial charge is 0.309 e. The number of carbonyl (C=O) groups is 1. The van der Waals surface area contributed by atoms with E-state index in [2.05, 4.69) is 36.1 Å². The van der Waals surface area contributed by atoms with Crippen molar-refractivity contribution in [3.8, 4) is 0 Å². The zero-order valence-corrected chi connectivity index (χ0v) is 15.6. The Balaban J connectivity index is 1.65. The van der Waals surface area contributed by atoms with Gasteiger partial charge in [-0.1, -0.05) is 36.8 Å². The van der Waals surface area contributed by atoms with Crippen molar-refractivity contribution in [1.29, 1.82) is 0 Å². The maximum Gasteiger partial charge on any atom is 0.226 e. The summed E-state index contributed by atoms with van der Waals surface area (Å²) < 4.78 is 13.3. The predicted molar refractivity (Wildman–Crippen MR) is 104 cm³/mol. The SMILES string of the molecule is CCC(=O)N(c1ccc(F)cc1)C1CCN(Cc2cccc(C)c2)CC1. The monoisotopic (exact) mass is 354 g/mol. The Bertz CT molecular complexity index is 736. The molecule has 0 spiro atoms. The van der Waals surface area contributed by atoms with Gasteiger partial charge in [0.05, 0.1) is 0 Å². The number of aryl methyl sites for hydroxylation is 1. The van der Waals surface area contributed by atoms with Crippen LogP contribution in [-0.2, 0) is 11.3 Å². The number of hydrogen-bond donors (Lipinski definition) is 0. The summed E-state index contributed by atoms with van der Waals surface area (Å²) in [7, 11) is 0. The van der Waals surface area contributed by atoms with Crippen LogP contribution in [0.5, 0.6) is 0 Å². The van der Waals surface area contributed by atoms with Gasteiger partial charge < -0.3 is 4.90 Å². The number of anilines is 1. The molecular weight excluding hydrogens is 327 g/mol. The highest BCUT2D eigenvalue weighted by atomic mass is 19.1. The van der Waals surface area contributed by atoms with Gasteiger partial charge in [-0.2, -0.15) is 0 Å². The summed E-state index contributed by atoms with van der Waals surface area (Å²) in [4.78, 5) is 16.9. The van der Waals surface area contributed by atoms with Gasteiger partial charge in [0.15, 0.2) is 0 Å². The van der Waals surface area contributed by atoms with Crippen molar-refractivity contribution >= 4 is 11.6 Å². The van der Waals surface area contributed by atoms with Gasteiger partial charge >= 0.3 is 0 Å². The van der Waals surface area contributed by atoms with E-state index in [-0.39, 0.29) is 17.8 Å². The van der Waals surface area contributed by atoms with Crippen LogP contribution >= 0.6 is 0 Å². The number of benzene rings is 2. The summed E-state index contributed by atoms with van der Waals surface area (Å²) in [6, 6.07) is 15.1. The summed E-state index contributed by atoms with van der Waals surface area (Å²) in [6.45, 7) is 6.88. The first-order chi connectivity index (χ1) is 12.6. The van der Waals surface area contributed by atoms with E-state index >= 15 is 0 Å². The van der Waals surface area contributed by atoms with Crippen molar-refractivity contribution < 1.29 is 9.18 Å². The van der Waals surface area contributed by atoms with Crippen molar-refractivity contribution in [1.82, 2.24) is 4.90 Å². The Morgan fingerprint density at radius 3 is 2.46 bits per heavy atom. The Hall–Kier alpha value is -2.20. The van der Waals surface area contributed by atoms with E-state index in [1.807, 2.05) is 11.8 Å². The van der Waals surface area contributed by atoms with Crippen molar-refractivity contribution in [2.24, 2.45) is 0 Å². The molecule has 1 fully saturated rings. The van der Waals surface area contributed by atoms with Gasteiger partial charge in [-0.3, -0.25) is 9.69 Å². The van der Waals surface area contributed by atoms with E-state index in [1.165, 1.54) is 23.3 Å². The zero-order chi connectivity index (χ0) is 18.5. The molecule has 0 radical (unpaired) electrons. The normalized spacial score (nSPS) is 15.8. The molecule has 2 aromatic rings. The van der Waals surface area contributed by atoms with E-state index in [0.29, 0.717) is 6.42 Å². The lowest BCUT2D eigenvalue weighted by molar-refractivity contribution is -0.119. The molecule has 1 saturated heterocycles. The summed E-state index contributed by atoms with van der Waals surface area (Å²) >= 11 is 0. The molecule has 1 aliphatic heterocycles. The highest BCUT2D eigenvalue weighted by molar-refractivity contribution is 5.93. The number of hydrogen-bond acceptors (Lipinski definition) is 2. The molecule has 1 amide bonds. The lowest BCUT2D eigenvalue weighted by atomic mass is 10.0. The molecule has 4 heteroatoms. The summed E-state index contributed by atoms with van der Waals surface area (Å²) in [6.07, 6.45) is 2.34. The minimum Gasteiger partial charge on any atom is -0.309 e. The molecule has 3 rings (SSSR count). The molecule has 0 saturated carbocycles. The number of amides is 1. The highest BCUT2D eigenvalue weighted by Crippen LogP contribution is 2.25. The van der Waals surface area contributed by atoms with Gasteiger partial charge in [0.2, 0.25) is 5.91 Å². The van der Waals surface area contributed by atoms with Gasteiger partial charge in [-0.15, -0.1) is 0 Å². The number of halogens is 1. The van der Waals surface area contributed by atoms with Crippen LogP contribution in [0.2, 0.25) is 0 Å². The van der Waals surface area contributed by atoms with Crippen molar-refractivity contribution in [2.75, 3.05) is 18.0 Å². The molecule has 0 bridgehead atoms.